The number of alkyl halides is 3. The van der Waals surface area contributed by atoms with Gasteiger partial charge in [0.15, 0.2) is 6.40 Å². The fourth-order valence-electron chi connectivity index (χ4n) is 1.05. The van der Waals surface area contributed by atoms with E-state index in [0.29, 0.717) is 0 Å². The first-order chi connectivity index (χ1) is 6.84. The van der Waals surface area contributed by atoms with Crippen LogP contribution in [0.1, 0.15) is 0 Å². The van der Waals surface area contributed by atoms with Gasteiger partial charge in [-0.3, -0.25) is 4.99 Å². The Morgan fingerprint density at radius 3 is 1.75 bits per heavy atom. The SMILES string of the molecule is C[Si](C)(C)OC=N[C@H](C(F)(F)F)[Si](C)(C)C. The summed E-state index contributed by atoms with van der Waals surface area (Å²) >= 11 is 0. The number of hydrogen-bond acceptors (Lipinski definition) is 2. The smallest absolute Gasteiger partial charge is 0.407 e. The molecule has 16 heavy (non-hydrogen) atoms. The molecule has 0 bridgehead atoms. The summed E-state index contributed by atoms with van der Waals surface area (Å²) in [7, 11) is -4.25. The van der Waals surface area contributed by atoms with Crippen molar-refractivity contribution in [2.24, 2.45) is 4.99 Å². The van der Waals surface area contributed by atoms with Gasteiger partial charge in [0.1, 0.15) is 5.67 Å². The van der Waals surface area contributed by atoms with Gasteiger partial charge in [0.2, 0.25) is 8.32 Å². The first-order valence-corrected chi connectivity index (χ1v) is 12.1. The highest BCUT2D eigenvalue weighted by Gasteiger charge is 2.47. The Kier molecular flexibility index (Phi) is 4.81. The summed E-state index contributed by atoms with van der Waals surface area (Å²) in [4.78, 5) is 3.58. The predicted molar refractivity (Wildman–Crippen MR) is 66.1 cm³/mol. The first-order valence-electron chi connectivity index (χ1n) is 5.10. The van der Waals surface area contributed by atoms with E-state index in [-0.39, 0.29) is 0 Å². The number of halogens is 3. The van der Waals surface area contributed by atoms with Gasteiger partial charge in [0.25, 0.3) is 0 Å². The largest absolute Gasteiger partial charge is 0.537 e. The molecule has 96 valence electrons. The molecule has 2 nitrogen and oxygen atoms in total. The molecule has 0 fully saturated rings. The van der Waals surface area contributed by atoms with Crippen LogP contribution in [0.15, 0.2) is 4.99 Å². The molecule has 0 aliphatic carbocycles. The Labute approximate surface area is 97.0 Å². The summed E-state index contributed by atoms with van der Waals surface area (Å²) in [5.74, 6) is 0. The summed E-state index contributed by atoms with van der Waals surface area (Å²) in [5.41, 5.74) is -1.59. The minimum Gasteiger partial charge on any atom is -0.537 e. The highest BCUT2D eigenvalue weighted by Crippen LogP contribution is 2.29. The standard InChI is InChI=1S/C9H20F3NOSi2/c1-15(2,3)8(9(10,11)12)13-7-14-16(4,5)6/h7-8H,1-6H3/t8-/m0/s1. The molecule has 0 aliphatic heterocycles. The lowest BCUT2D eigenvalue weighted by atomic mass is 10.6. The molecule has 0 rings (SSSR count). The van der Waals surface area contributed by atoms with Crippen LogP contribution in [0.4, 0.5) is 13.2 Å². The van der Waals surface area contributed by atoms with E-state index in [1.54, 1.807) is 19.6 Å². The van der Waals surface area contributed by atoms with Crippen LogP contribution >= 0.6 is 0 Å². The molecule has 0 aromatic rings. The average Bonchev–Trinajstić information content (AvgIpc) is 1.90. The van der Waals surface area contributed by atoms with Crippen LogP contribution in [0, 0.1) is 0 Å². The van der Waals surface area contributed by atoms with Crippen LogP contribution in [-0.4, -0.2) is 34.6 Å². The van der Waals surface area contributed by atoms with E-state index < -0.39 is 28.2 Å². The van der Waals surface area contributed by atoms with Gasteiger partial charge in [-0.15, -0.1) is 0 Å². The minimum absolute atomic E-state index is 1.00. The third kappa shape index (κ3) is 6.31. The van der Waals surface area contributed by atoms with E-state index in [1.165, 1.54) is 0 Å². The van der Waals surface area contributed by atoms with Crippen LogP contribution in [0.2, 0.25) is 39.3 Å². The third-order valence-corrected chi connectivity index (χ3v) is 4.68. The Hall–Kier alpha value is -0.306. The van der Waals surface area contributed by atoms with E-state index >= 15 is 0 Å². The summed E-state index contributed by atoms with van der Waals surface area (Å²) in [6.07, 6.45) is -3.27. The van der Waals surface area contributed by atoms with Gasteiger partial charge in [-0.05, 0) is 19.6 Å². The van der Waals surface area contributed by atoms with Crippen molar-refractivity contribution in [3.05, 3.63) is 0 Å². The maximum atomic E-state index is 12.7. The normalized spacial score (nSPS) is 16.6. The summed E-state index contributed by atoms with van der Waals surface area (Å²) in [5, 5.41) is 0. The van der Waals surface area contributed by atoms with Gasteiger partial charge in [0, 0.05) is 0 Å². The van der Waals surface area contributed by atoms with Crippen molar-refractivity contribution in [2.75, 3.05) is 0 Å². The number of aliphatic imine (C=N–C) groups is 1. The molecule has 0 saturated carbocycles. The summed E-state index contributed by atoms with van der Waals surface area (Å²) < 4.78 is 43.4. The van der Waals surface area contributed by atoms with Crippen molar-refractivity contribution in [1.82, 2.24) is 0 Å². The second-order valence-electron chi connectivity index (χ2n) is 5.79. The lowest BCUT2D eigenvalue weighted by molar-refractivity contribution is -0.131. The van der Waals surface area contributed by atoms with Crippen molar-refractivity contribution in [3.63, 3.8) is 0 Å². The molecule has 0 saturated heterocycles. The van der Waals surface area contributed by atoms with Crippen LogP contribution in [0.25, 0.3) is 0 Å². The van der Waals surface area contributed by atoms with Gasteiger partial charge in [-0.1, -0.05) is 19.6 Å². The number of nitrogens with zero attached hydrogens (tertiary/aromatic N) is 1. The highest BCUT2D eigenvalue weighted by molar-refractivity contribution is 6.78. The van der Waals surface area contributed by atoms with Gasteiger partial charge < -0.3 is 4.43 Å². The third-order valence-electron chi connectivity index (χ3n) is 1.75. The second kappa shape index (κ2) is 4.91. The topological polar surface area (TPSA) is 21.6 Å². The molecule has 0 radical (unpaired) electrons. The van der Waals surface area contributed by atoms with Crippen LogP contribution in [-0.2, 0) is 4.43 Å². The zero-order valence-electron chi connectivity index (χ0n) is 10.6. The summed E-state index contributed by atoms with van der Waals surface area (Å²) in [6.45, 7) is 10.6. The van der Waals surface area contributed by atoms with Crippen molar-refractivity contribution in [3.8, 4) is 0 Å². The summed E-state index contributed by atoms with van der Waals surface area (Å²) in [6, 6.07) is 0. The first kappa shape index (κ1) is 15.7. The van der Waals surface area contributed by atoms with Crippen LogP contribution in [0.5, 0.6) is 0 Å². The Morgan fingerprint density at radius 1 is 1.06 bits per heavy atom. The second-order valence-corrected chi connectivity index (χ2v) is 15.5. The highest BCUT2D eigenvalue weighted by atomic mass is 28.4. The molecule has 0 aromatic heterocycles. The van der Waals surface area contributed by atoms with Gasteiger partial charge >= 0.3 is 6.18 Å². The molecule has 0 aliphatic rings. The minimum atomic E-state index is -4.27. The molecule has 0 unspecified atom stereocenters. The van der Waals surface area contributed by atoms with Crippen molar-refractivity contribution in [2.45, 2.75) is 51.1 Å². The molecular formula is C9H20F3NOSi2. The van der Waals surface area contributed by atoms with E-state index in [4.69, 9.17) is 4.43 Å². The molecule has 0 heterocycles. The fraction of sp³-hybridized carbons (Fsp3) is 0.889. The predicted octanol–water partition coefficient (Wildman–Crippen LogP) is 3.67. The van der Waals surface area contributed by atoms with E-state index in [1.807, 2.05) is 19.6 Å². The zero-order valence-corrected chi connectivity index (χ0v) is 12.6. The maximum Gasteiger partial charge on any atom is 0.407 e. The van der Waals surface area contributed by atoms with Crippen LogP contribution < -0.4 is 0 Å². The van der Waals surface area contributed by atoms with Gasteiger partial charge in [-0.25, -0.2) is 0 Å². The quantitative estimate of drug-likeness (QED) is 0.434. The number of rotatable bonds is 4. The molecule has 0 N–H and O–H groups in total. The molecule has 1 atom stereocenters. The van der Waals surface area contributed by atoms with Crippen molar-refractivity contribution < 1.29 is 17.6 Å². The van der Waals surface area contributed by atoms with Crippen LogP contribution in [0.3, 0.4) is 0 Å². The average molecular weight is 271 g/mol. The van der Waals surface area contributed by atoms with E-state index in [2.05, 4.69) is 4.99 Å². The monoisotopic (exact) mass is 271 g/mol. The molecule has 7 heteroatoms. The Bertz CT molecular complexity index is 239. The molecule has 0 aromatic carbocycles. The number of hydrogen-bond donors (Lipinski definition) is 0. The lowest BCUT2D eigenvalue weighted by Gasteiger charge is -2.27. The van der Waals surface area contributed by atoms with E-state index in [9.17, 15) is 13.2 Å². The fourth-order valence-corrected chi connectivity index (χ4v) is 2.92. The van der Waals surface area contributed by atoms with Crippen molar-refractivity contribution >= 4 is 22.8 Å². The van der Waals surface area contributed by atoms with E-state index in [0.717, 1.165) is 6.40 Å². The van der Waals surface area contributed by atoms with Gasteiger partial charge in [-0.2, -0.15) is 13.2 Å². The van der Waals surface area contributed by atoms with Gasteiger partial charge in [0.05, 0.1) is 8.07 Å². The molecule has 0 spiro atoms. The van der Waals surface area contributed by atoms with Crippen molar-refractivity contribution in [1.29, 1.82) is 0 Å². The Morgan fingerprint density at radius 2 is 1.50 bits per heavy atom. The molecular weight excluding hydrogens is 251 g/mol. The lowest BCUT2D eigenvalue weighted by Crippen LogP contribution is -2.47. The zero-order chi connectivity index (χ0) is 13.2. The maximum absolute atomic E-state index is 12.7. The Balaban J connectivity index is 4.72. The molecule has 0 amide bonds.